The molecule has 0 aliphatic rings. The van der Waals surface area contributed by atoms with Crippen molar-refractivity contribution in [1.29, 1.82) is 0 Å². The number of nitrogens with zero attached hydrogens (tertiary/aromatic N) is 1. The predicted molar refractivity (Wildman–Crippen MR) is 82.1 cm³/mol. The van der Waals surface area contributed by atoms with E-state index in [2.05, 4.69) is 41.3 Å². The van der Waals surface area contributed by atoms with Gasteiger partial charge in [0.25, 0.3) is 5.56 Å². The number of hydrogen-bond acceptors (Lipinski definition) is 4. The van der Waals surface area contributed by atoms with Crippen molar-refractivity contribution in [3.05, 3.63) is 51.9 Å². The Labute approximate surface area is 123 Å². The molecule has 1 aromatic heterocycles. The van der Waals surface area contributed by atoms with Gasteiger partial charge in [-0.15, -0.1) is 0 Å². The van der Waals surface area contributed by atoms with Gasteiger partial charge in [0.05, 0.1) is 0 Å². The molecular weight excluding hydrogens is 270 g/mol. The standard InChI is InChI=1S/C15H19N3OS/c1-10(2)16-9-12-4-6-13(7-5-12)20-15-17-11(3)8-14(19)18-15/h4-8,10,16H,9H2,1-3H3,(H,17,18,19). The largest absolute Gasteiger partial charge is 0.310 e. The van der Waals surface area contributed by atoms with Crippen LogP contribution in [0.2, 0.25) is 0 Å². The first-order valence-corrected chi connectivity index (χ1v) is 7.43. The highest BCUT2D eigenvalue weighted by molar-refractivity contribution is 7.99. The normalized spacial score (nSPS) is 11.0. The maximum atomic E-state index is 11.4. The lowest BCUT2D eigenvalue weighted by Crippen LogP contribution is -2.21. The Balaban J connectivity index is 2.05. The van der Waals surface area contributed by atoms with Gasteiger partial charge in [-0.1, -0.05) is 37.7 Å². The van der Waals surface area contributed by atoms with Crippen LogP contribution in [0.25, 0.3) is 0 Å². The molecule has 2 rings (SSSR count). The van der Waals surface area contributed by atoms with Crippen molar-refractivity contribution in [1.82, 2.24) is 15.3 Å². The molecule has 0 amide bonds. The highest BCUT2D eigenvalue weighted by Crippen LogP contribution is 2.24. The van der Waals surface area contributed by atoms with Gasteiger partial charge in [-0.3, -0.25) is 4.79 Å². The average Bonchev–Trinajstić information content (AvgIpc) is 2.36. The zero-order chi connectivity index (χ0) is 14.5. The third kappa shape index (κ3) is 4.51. The molecule has 0 bridgehead atoms. The highest BCUT2D eigenvalue weighted by atomic mass is 32.2. The number of aromatic amines is 1. The molecule has 0 radical (unpaired) electrons. The lowest BCUT2D eigenvalue weighted by Gasteiger charge is -2.08. The highest BCUT2D eigenvalue weighted by Gasteiger charge is 2.02. The van der Waals surface area contributed by atoms with Gasteiger partial charge in [0.15, 0.2) is 5.16 Å². The second-order valence-electron chi connectivity index (χ2n) is 4.97. The Morgan fingerprint density at radius 3 is 2.60 bits per heavy atom. The predicted octanol–water partition coefficient (Wildman–Crippen LogP) is 2.73. The Hall–Kier alpha value is -1.59. The van der Waals surface area contributed by atoms with Crippen LogP contribution in [0.3, 0.4) is 0 Å². The van der Waals surface area contributed by atoms with Crippen LogP contribution in [0, 0.1) is 6.92 Å². The molecular formula is C15H19N3OS. The number of aromatic nitrogens is 2. The van der Waals surface area contributed by atoms with Gasteiger partial charge in [-0.05, 0) is 24.6 Å². The fourth-order valence-corrected chi connectivity index (χ4v) is 2.55. The first-order valence-electron chi connectivity index (χ1n) is 6.61. The van der Waals surface area contributed by atoms with Gasteiger partial charge >= 0.3 is 0 Å². The molecule has 1 aromatic carbocycles. The van der Waals surface area contributed by atoms with Crippen LogP contribution in [-0.2, 0) is 6.54 Å². The molecule has 0 spiro atoms. The van der Waals surface area contributed by atoms with Gasteiger partial charge in [0.2, 0.25) is 0 Å². The lowest BCUT2D eigenvalue weighted by molar-refractivity contribution is 0.588. The minimum absolute atomic E-state index is 0.113. The van der Waals surface area contributed by atoms with Gasteiger partial charge in [-0.25, -0.2) is 4.98 Å². The third-order valence-electron chi connectivity index (χ3n) is 2.70. The van der Waals surface area contributed by atoms with E-state index in [0.29, 0.717) is 11.2 Å². The monoisotopic (exact) mass is 289 g/mol. The Morgan fingerprint density at radius 1 is 1.30 bits per heavy atom. The summed E-state index contributed by atoms with van der Waals surface area (Å²) < 4.78 is 0. The van der Waals surface area contributed by atoms with Crippen molar-refractivity contribution < 1.29 is 0 Å². The van der Waals surface area contributed by atoms with E-state index in [1.165, 1.54) is 23.4 Å². The van der Waals surface area contributed by atoms with Crippen LogP contribution in [0.15, 0.2) is 45.2 Å². The van der Waals surface area contributed by atoms with E-state index < -0.39 is 0 Å². The number of rotatable bonds is 5. The molecule has 20 heavy (non-hydrogen) atoms. The number of H-pyrrole nitrogens is 1. The van der Waals surface area contributed by atoms with E-state index in [0.717, 1.165) is 17.1 Å². The fraction of sp³-hybridized carbons (Fsp3) is 0.333. The van der Waals surface area contributed by atoms with E-state index in [9.17, 15) is 4.79 Å². The van der Waals surface area contributed by atoms with Crippen molar-refractivity contribution in [2.45, 2.75) is 43.4 Å². The van der Waals surface area contributed by atoms with E-state index in [4.69, 9.17) is 0 Å². The van der Waals surface area contributed by atoms with Crippen molar-refractivity contribution in [3.63, 3.8) is 0 Å². The molecule has 1 heterocycles. The first kappa shape index (κ1) is 14.8. The lowest BCUT2D eigenvalue weighted by atomic mass is 10.2. The van der Waals surface area contributed by atoms with Crippen LogP contribution in [0.1, 0.15) is 25.1 Å². The van der Waals surface area contributed by atoms with E-state index in [-0.39, 0.29) is 5.56 Å². The van der Waals surface area contributed by atoms with Crippen LogP contribution in [0.5, 0.6) is 0 Å². The molecule has 106 valence electrons. The summed E-state index contributed by atoms with van der Waals surface area (Å²) in [6.07, 6.45) is 0. The molecule has 4 nitrogen and oxygen atoms in total. The third-order valence-corrected chi connectivity index (χ3v) is 3.59. The number of benzene rings is 1. The number of hydrogen-bond donors (Lipinski definition) is 2. The summed E-state index contributed by atoms with van der Waals surface area (Å²) in [5, 5.41) is 4.01. The summed E-state index contributed by atoms with van der Waals surface area (Å²) in [4.78, 5) is 19.5. The number of nitrogens with one attached hydrogen (secondary N) is 2. The van der Waals surface area contributed by atoms with E-state index in [1.807, 2.05) is 19.1 Å². The topological polar surface area (TPSA) is 57.8 Å². The minimum atomic E-state index is -0.113. The zero-order valence-electron chi connectivity index (χ0n) is 11.9. The molecule has 0 saturated heterocycles. The van der Waals surface area contributed by atoms with Crippen LogP contribution >= 0.6 is 11.8 Å². The summed E-state index contributed by atoms with van der Waals surface area (Å²) in [6, 6.07) is 10.2. The number of aryl methyl sites for hydroxylation is 1. The first-order chi connectivity index (χ1) is 9.52. The van der Waals surface area contributed by atoms with Crippen LogP contribution < -0.4 is 10.9 Å². The summed E-state index contributed by atoms with van der Waals surface area (Å²) in [5.41, 5.74) is 1.86. The second-order valence-corrected chi connectivity index (χ2v) is 6.04. The molecule has 0 aliphatic heterocycles. The van der Waals surface area contributed by atoms with E-state index >= 15 is 0 Å². The molecule has 5 heteroatoms. The van der Waals surface area contributed by atoms with Crippen molar-refractivity contribution in [3.8, 4) is 0 Å². The van der Waals surface area contributed by atoms with Crippen molar-refractivity contribution in [2.75, 3.05) is 0 Å². The molecule has 0 fully saturated rings. The smallest absolute Gasteiger partial charge is 0.251 e. The van der Waals surface area contributed by atoms with Crippen LogP contribution in [-0.4, -0.2) is 16.0 Å². The molecule has 0 atom stereocenters. The van der Waals surface area contributed by atoms with Gasteiger partial charge in [0, 0.05) is 29.2 Å². The average molecular weight is 289 g/mol. The fourth-order valence-electron chi connectivity index (χ4n) is 1.71. The summed E-state index contributed by atoms with van der Waals surface area (Å²) in [6.45, 7) is 6.94. The van der Waals surface area contributed by atoms with E-state index in [1.54, 1.807) is 0 Å². The quantitative estimate of drug-likeness (QED) is 0.831. The molecule has 2 aromatic rings. The molecule has 2 N–H and O–H groups in total. The SMILES string of the molecule is Cc1cc(=O)[nH]c(Sc2ccc(CNC(C)C)cc2)n1. The van der Waals surface area contributed by atoms with Gasteiger partial charge in [0.1, 0.15) is 0 Å². The summed E-state index contributed by atoms with van der Waals surface area (Å²) in [5.74, 6) is 0. The summed E-state index contributed by atoms with van der Waals surface area (Å²) in [7, 11) is 0. The Bertz CT molecular complexity index is 620. The second kappa shape index (κ2) is 6.72. The molecule has 0 aliphatic carbocycles. The maximum absolute atomic E-state index is 11.4. The Kier molecular flexibility index (Phi) is 4.98. The minimum Gasteiger partial charge on any atom is -0.310 e. The maximum Gasteiger partial charge on any atom is 0.251 e. The van der Waals surface area contributed by atoms with Crippen molar-refractivity contribution >= 4 is 11.8 Å². The Morgan fingerprint density at radius 2 is 2.00 bits per heavy atom. The van der Waals surface area contributed by atoms with Crippen molar-refractivity contribution in [2.24, 2.45) is 0 Å². The molecule has 0 unspecified atom stereocenters. The zero-order valence-corrected chi connectivity index (χ0v) is 12.8. The van der Waals surface area contributed by atoms with Crippen LogP contribution in [0.4, 0.5) is 0 Å². The summed E-state index contributed by atoms with van der Waals surface area (Å²) >= 11 is 1.46. The molecule has 0 saturated carbocycles. The van der Waals surface area contributed by atoms with Gasteiger partial charge < -0.3 is 10.3 Å². The van der Waals surface area contributed by atoms with Gasteiger partial charge in [-0.2, -0.15) is 0 Å².